The first kappa shape index (κ1) is 18.4. The Morgan fingerprint density at radius 1 is 1.00 bits per heavy atom. The summed E-state index contributed by atoms with van der Waals surface area (Å²) in [5.74, 6) is -1.46. The van der Waals surface area contributed by atoms with Gasteiger partial charge in [0, 0.05) is 5.02 Å². The fraction of sp³-hybridized carbons (Fsp3) is 0.0476. The molecule has 3 aromatic carbocycles. The van der Waals surface area contributed by atoms with Crippen molar-refractivity contribution in [2.75, 3.05) is 4.90 Å². The maximum absolute atomic E-state index is 13.3. The summed E-state index contributed by atoms with van der Waals surface area (Å²) in [6.07, 6.45) is 0. The molecule has 0 fully saturated rings. The van der Waals surface area contributed by atoms with E-state index in [1.54, 1.807) is 42.5 Å². The van der Waals surface area contributed by atoms with Crippen LogP contribution in [0.15, 0.2) is 76.5 Å². The number of halogens is 1. The highest BCUT2D eigenvalue weighted by molar-refractivity contribution is 7.85. The summed E-state index contributed by atoms with van der Waals surface area (Å²) in [5.41, 5.74) is 1.44. The number of fused-ring (bicyclic) bond motifs is 2. The van der Waals surface area contributed by atoms with Crippen LogP contribution in [0.5, 0.6) is 0 Å². The Hall–Kier alpha value is -2.96. The van der Waals surface area contributed by atoms with Crippen LogP contribution in [0.1, 0.15) is 26.3 Å². The van der Waals surface area contributed by atoms with E-state index in [-0.39, 0.29) is 18.0 Å². The topological polar surface area (TPSA) is 74.7 Å². The number of carboxylic acids is 1. The Kier molecular flexibility index (Phi) is 4.75. The van der Waals surface area contributed by atoms with Gasteiger partial charge in [0.05, 0.1) is 43.9 Å². The van der Waals surface area contributed by atoms with Gasteiger partial charge in [-0.1, -0.05) is 35.9 Å². The average molecular weight is 412 g/mol. The van der Waals surface area contributed by atoms with E-state index in [1.807, 2.05) is 6.07 Å². The summed E-state index contributed by atoms with van der Waals surface area (Å²) in [6.45, 7) is 0.168. The molecule has 0 spiro atoms. The van der Waals surface area contributed by atoms with Crippen molar-refractivity contribution < 1.29 is 18.9 Å². The van der Waals surface area contributed by atoms with Crippen molar-refractivity contribution in [3.8, 4) is 0 Å². The molecule has 1 aliphatic rings. The van der Waals surface area contributed by atoms with Crippen molar-refractivity contribution in [1.29, 1.82) is 0 Å². The van der Waals surface area contributed by atoms with Gasteiger partial charge in [-0.2, -0.15) is 0 Å². The van der Waals surface area contributed by atoms with Crippen LogP contribution in [0, 0.1) is 0 Å². The molecule has 28 heavy (non-hydrogen) atoms. The number of carboxylic acid groups (broad SMARTS) is 1. The minimum absolute atomic E-state index is 0.0191. The molecule has 0 radical (unpaired) electrons. The molecule has 0 bridgehead atoms. The normalized spacial score (nSPS) is 15.5. The molecule has 7 heteroatoms. The number of aromatic carboxylic acids is 1. The zero-order chi connectivity index (χ0) is 19.8. The van der Waals surface area contributed by atoms with E-state index in [9.17, 15) is 18.9 Å². The average Bonchev–Trinajstić information content (AvgIpc) is 2.78. The standard InChI is InChI=1S/C21H14ClNO4S/c22-15-5-3-4-13(10-15)12-23-17-11-14(21(25)26)8-9-19(17)28(27)18-7-2-1-6-16(18)20(23)24/h1-11H,12H2,(H,25,26). The number of hydrogen-bond donors (Lipinski definition) is 1. The maximum atomic E-state index is 13.3. The summed E-state index contributed by atoms with van der Waals surface area (Å²) in [6, 6.07) is 18.1. The van der Waals surface area contributed by atoms with Gasteiger partial charge in [0.2, 0.25) is 0 Å². The minimum Gasteiger partial charge on any atom is -0.478 e. The first-order valence-electron chi connectivity index (χ1n) is 8.40. The Morgan fingerprint density at radius 3 is 2.54 bits per heavy atom. The summed E-state index contributed by atoms with van der Waals surface area (Å²) < 4.78 is 13.2. The van der Waals surface area contributed by atoms with Gasteiger partial charge in [-0.25, -0.2) is 9.00 Å². The monoisotopic (exact) mass is 411 g/mol. The number of anilines is 1. The Balaban J connectivity index is 1.93. The zero-order valence-corrected chi connectivity index (χ0v) is 16.0. The van der Waals surface area contributed by atoms with Crippen LogP contribution in [-0.2, 0) is 17.3 Å². The SMILES string of the molecule is O=C(O)c1ccc2c(c1)N(Cc1cccc(Cl)c1)C(=O)c1ccccc1S2=O. The summed E-state index contributed by atoms with van der Waals surface area (Å²) in [7, 11) is -1.61. The summed E-state index contributed by atoms with van der Waals surface area (Å²) in [5, 5.41) is 9.91. The van der Waals surface area contributed by atoms with Crippen LogP contribution in [0.4, 0.5) is 5.69 Å². The van der Waals surface area contributed by atoms with E-state index < -0.39 is 16.8 Å². The van der Waals surface area contributed by atoms with Gasteiger partial charge in [-0.05, 0) is 48.0 Å². The van der Waals surface area contributed by atoms with Gasteiger partial charge in [-0.3, -0.25) is 4.79 Å². The summed E-state index contributed by atoms with van der Waals surface area (Å²) >= 11 is 6.07. The molecule has 4 rings (SSSR count). The molecule has 0 aromatic heterocycles. The Bertz CT molecular complexity index is 1140. The second-order valence-electron chi connectivity index (χ2n) is 6.27. The molecule has 0 saturated carbocycles. The third-order valence-electron chi connectivity index (χ3n) is 4.49. The zero-order valence-electron chi connectivity index (χ0n) is 14.5. The van der Waals surface area contributed by atoms with Gasteiger partial charge < -0.3 is 10.0 Å². The first-order valence-corrected chi connectivity index (χ1v) is 9.93. The molecular weight excluding hydrogens is 398 g/mol. The fourth-order valence-corrected chi connectivity index (χ4v) is 4.73. The molecule has 1 N–H and O–H groups in total. The van der Waals surface area contributed by atoms with Crippen molar-refractivity contribution in [2.45, 2.75) is 16.3 Å². The number of benzene rings is 3. The number of rotatable bonds is 3. The molecule has 1 aliphatic heterocycles. The van der Waals surface area contributed by atoms with Gasteiger partial charge >= 0.3 is 5.97 Å². The third-order valence-corrected chi connectivity index (χ3v) is 6.22. The predicted molar refractivity (Wildman–Crippen MR) is 106 cm³/mol. The van der Waals surface area contributed by atoms with E-state index >= 15 is 0 Å². The lowest BCUT2D eigenvalue weighted by Gasteiger charge is -2.23. The van der Waals surface area contributed by atoms with E-state index in [4.69, 9.17) is 11.6 Å². The molecule has 1 amide bonds. The fourth-order valence-electron chi connectivity index (χ4n) is 3.17. The Morgan fingerprint density at radius 2 is 1.79 bits per heavy atom. The smallest absolute Gasteiger partial charge is 0.335 e. The van der Waals surface area contributed by atoms with Crippen LogP contribution < -0.4 is 4.90 Å². The highest BCUT2D eigenvalue weighted by atomic mass is 35.5. The Labute approximate surface area is 168 Å². The van der Waals surface area contributed by atoms with Gasteiger partial charge in [0.15, 0.2) is 0 Å². The molecule has 1 heterocycles. The van der Waals surface area contributed by atoms with Crippen molar-refractivity contribution in [3.63, 3.8) is 0 Å². The van der Waals surface area contributed by atoms with E-state index in [0.29, 0.717) is 26.1 Å². The van der Waals surface area contributed by atoms with Crippen LogP contribution >= 0.6 is 11.6 Å². The van der Waals surface area contributed by atoms with Crippen molar-refractivity contribution >= 4 is 40.0 Å². The molecule has 1 atom stereocenters. The molecule has 140 valence electrons. The third kappa shape index (κ3) is 3.21. The molecule has 1 unspecified atom stereocenters. The highest BCUT2D eigenvalue weighted by Crippen LogP contribution is 2.36. The first-order chi connectivity index (χ1) is 13.5. The molecule has 0 aliphatic carbocycles. The van der Waals surface area contributed by atoms with Crippen LogP contribution in [0.2, 0.25) is 5.02 Å². The number of carbonyl (C=O) groups is 2. The lowest BCUT2D eigenvalue weighted by molar-refractivity contribution is 0.0696. The van der Waals surface area contributed by atoms with Gasteiger partial charge in [0.1, 0.15) is 0 Å². The van der Waals surface area contributed by atoms with E-state index in [0.717, 1.165) is 5.56 Å². The largest absolute Gasteiger partial charge is 0.478 e. The van der Waals surface area contributed by atoms with Crippen LogP contribution in [0.3, 0.4) is 0 Å². The second-order valence-corrected chi connectivity index (χ2v) is 8.13. The van der Waals surface area contributed by atoms with Crippen LogP contribution in [0.25, 0.3) is 0 Å². The van der Waals surface area contributed by atoms with Crippen molar-refractivity contribution in [3.05, 3.63) is 88.4 Å². The summed E-state index contributed by atoms with van der Waals surface area (Å²) in [4.78, 5) is 27.1. The molecule has 0 saturated heterocycles. The highest BCUT2D eigenvalue weighted by Gasteiger charge is 2.31. The van der Waals surface area contributed by atoms with Gasteiger partial charge in [0.25, 0.3) is 5.91 Å². The van der Waals surface area contributed by atoms with Crippen LogP contribution in [-0.4, -0.2) is 21.2 Å². The lowest BCUT2D eigenvalue weighted by atomic mass is 10.1. The minimum atomic E-state index is -1.61. The van der Waals surface area contributed by atoms with E-state index in [1.165, 1.54) is 23.1 Å². The van der Waals surface area contributed by atoms with Crippen molar-refractivity contribution in [1.82, 2.24) is 0 Å². The number of amides is 1. The molecular formula is C21H14ClNO4S. The molecule has 3 aromatic rings. The van der Waals surface area contributed by atoms with Gasteiger partial charge in [-0.15, -0.1) is 0 Å². The van der Waals surface area contributed by atoms with Crippen molar-refractivity contribution in [2.24, 2.45) is 0 Å². The second kappa shape index (κ2) is 7.22. The number of carbonyl (C=O) groups excluding carboxylic acids is 1. The lowest BCUT2D eigenvalue weighted by Crippen LogP contribution is -2.30. The quantitative estimate of drug-likeness (QED) is 0.694. The number of nitrogens with zero attached hydrogens (tertiary/aromatic N) is 1. The molecule has 5 nitrogen and oxygen atoms in total. The number of hydrogen-bond acceptors (Lipinski definition) is 3. The maximum Gasteiger partial charge on any atom is 0.335 e. The van der Waals surface area contributed by atoms with E-state index in [2.05, 4.69) is 0 Å². The predicted octanol–water partition coefficient (Wildman–Crippen LogP) is 4.37.